The molecule has 132 valence electrons. The first-order chi connectivity index (χ1) is 12.7. The van der Waals surface area contributed by atoms with Crippen LogP contribution in [-0.4, -0.2) is 15.8 Å². The molecule has 3 aromatic rings. The smallest absolute Gasteiger partial charge is 0.258 e. The molecule has 0 radical (unpaired) electrons. The number of anilines is 1. The number of nitrogen functional groups attached to an aromatic ring is 1. The topological polar surface area (TPSA) is 59.2 Å². The molecule has 0 saturated heterocycles. The summed E-state index contributed by atoms with van der Waals surface area (Å²) in [6.07, 6.45) is 3.25. The van der Waals surface area contributed by atoms with E-state index in [1.807, 2.05) is 47.4 Å². The molecule has 26 heavy (non-hydrogen) atoms. The van der Waals surface area contributed by atoms with E-state index in [1.165, 1.54) is 5.56 Å². The molecule has 4 nitrogen and oxygen atoms in total. The van der Waals surface area contributed by atoms with Gasteiger partial charge in [-0.3, -0.25) is 4.79 Å². The first-order valence-electron chi connectivity index (χ1n) is 9.22. The Labute approximate surface area is 153 Å². The second-order valence-electron chi connectivity index (χ2n) is 6.91. The van der Waals surface area contributed by atoms with Crippen LogP contribution in [0.15, 0.2) is 48.5 Å². The van der Waals surface area contributed by atoms with Gasteiger partial charge in [-0.15, -0.1) is 0 Å². The molecule has 2 aromatic carbocycles. The van der Waals surface area contributed by atoms with Crippen molar-refractivity contribution in [3.63, 3.8) is 0 Å². The SMILES string of the molecule is CCCCc1cccc2c(N)c3c(nc12)CN(Cc1ccccc1)C3=O. The molecule has 0 spiro atoms. The van der Waals surface area contributed by atoms with Crippen LogP contribution >= 0.6 is 0 Å². The van der Waals surface area contributed by atoms with Crippen LogP contribution in [0, 0.1) is 0 Å². The van der Waals surface area contributed by atoms with Crippen LogP contribution in [0.3, 0.4) is 0 Å². The number of nitrogens with zero attached hydrogens (tertiary/aromatic N) is 2. The predicted molar refractivity (Wildman–Crippen MR) is 105 cm³/mol. The summed E-state index contributed by atoms with van der Waals surface area (Å²) in [4.78, 5) is 19.6. The molecule has 2 N–H and O–H groups in total. The number of amides is 1. The number of nitrogens with two attached hydrogens (primary N) is 1. The molecule has 0 fully saturated rings. The summed E-state index contributed by atoms with van der Waals surface area (Å²) in [7, 11) is 0. The van der Waals surface area contributed by atoms with E-state index in [1.54, 1.807) is 0 Å². The first kappa shape index (κ1) is 16.6. The van der Waals surface area contributed by atoms with Gasteiger partial charge in [-0.1, -0.05) is 61.9 Å². The van der Waals surface area contributed by atoms with E-state index < -0.39 is 0 Å². The van der Waals surface area contributed by atoms with Crippen molar-refractivity contribution in [3.05, 3.63) is 70.9 Å². The highest BCUT2D eigenvalue weighted by molar-refractivity contribution is 6.09. The van der Waals surface area contributed by atoms with Gasteiger partial charge < -0.3 is 10.6 Å². The average molecular weight is 345 g/mol. The Morgan fingerprint density at radius 2 is 1.92 bits per heavy atom. The number of carbonyl (C=O) groups excluding carboxylic acids is 1. The summed E-state index contributed by atoms with van der Waals surface area (Å²) >= 11 is 0. The maximum Gasteiger partial charge on any atom is 0.258 e. The highest BCUT2D eigenvalue weighted by Gasteiger charge is 2.32. The van der Waals surface area contributed by atoms with Crippen molar-refractivity contribution >= 4 is 22.5 Å². The summed E-state index contributed by atoms with van der Waals surface area (Å²) in [5.74, 6) is -0.0188. The number of unbranched alkanes of at least 4 members (excludes halogenated alkanes) is 1. The number of pyridine rings is 1. The molecule has 0 unspecified atom stereocenters. The Bertz CT molecular complexity index is 966. The number of hydrogen-bond donors (Lipinski definition) is 1. The van der Waals surface area contributed by atoms with Gasteiger partial charge in [0.25, 0.3) is 5.91 Å². The van der Waals surface area contributed by atoms with Crippen molar-refractivity contribution in [1.29, 1.82) is 0 Å². The Morgan fingerprint density at radius 3 is 2.69 bits per heavy atom. The van der Waals surface area contributed by atoms with E-state index in [9.17, 15) is 4.79 Å². The third-order valence-electron chi connectivity index (χ3n) is 5.07. The number of carbonyl (C=O) groups is 1. The normalized spacial score (nSPS) is 13.4. The Balaban J connectivity index is 1.73. The molecule has 0 bridgehead atoms. The maximum absolute atomic E-state index is 12.9. The first-order valence-corrected chi connectivity index (χ1v) is 9.22. The van der Waals surface area contributed by atoms with Crippen LogP contribution in [0.25, 0.3) is 10.9 Å². The fourth-order valence-electron chi connectivity index (χ4n) is 3.69. The lowest BCUT2D eigenvalue weighted by molar-refractivity contribution is 0.0767. The van der Waals surface area contributed by atoms with Gasteiger partial charge in [0.1, 0.15) is 0 Å². The van der Waals surface area contributed by atoms with Crippen LogP contribution in [0.1, 0.15) is 46.9 Å². The highest BCUT2D eigenvalue weighted by Crippen LogP contribution is 2.34. The Hall–Kier alpha value is -2.88. The van der Waals surface area contributed by atoms with Crippen molar-refractivity contribution in [2.45, 2.75) is 39.3 Å². The molecule has 1 aliphatic rings. The van der Waals surface area contributed by atoms with E-state index in [4.69, 9.17) is 10.7 Å². The summed E-state index contributed by atoms with van der Waals surface area (Å²) in [5.41, 5.74) is 11.7. The van der Waals surface area contributed by atoms with E-state index in [0.717, 1.165) is 41.4 Å². The fourth-order valence-corrected chi connectivity index (χ4v) is 3.69. The summed E-state index contributed by atoms with van der Waals surface area (Å²) < 4.78 is 0. The number of para-hydroxylation sites is 1. The summed E-state index contributed by atoms with van der Waals surface area (Å²) in [6.45, 7) is 3.28. The highest BCUT2D eigenvalue weighted by atomic mass is 16.2. The van der Waals surface area contributed by atoms with Gasteiger partial charge in [-0.2, -0.15) is 0 Å². The molecule has 4 heteroatoms. The molecular formula is C22H23N3O. The molecule has 0 saturated carbocycles. The lowest BCUT2D eigenvalue weighted by atomic mass is 10.0. The largest absolute Gasteiger partial charge is 0.397 e. The molecule has 1 aromatic heterocycles. The van der Waals surface area contributed by atoms with Gasteiger partial charge in [-0.25, -0.2) is 4.98 Å². The second kappa shape index (κ2) is 6.79. The summed E-state index contributed by atoms with van der Waals surface area (Å²) in [6, 6.07) is 16.1. The average Bonchev–Trinajstić information content (AvgIpc) is 2.97. The molecule has 0 aliphatic carbocycles. The van der Waals surface area contributed by atoms with Gasteiger partial charge >= 0.3 is 0 Å². The molecule has 0 atom stereocenters. The van der Waals surface area contributed by atoms with Gasteiger partial charge in [0.2, 0.25) is 0 Å². The number of rotatable bonds is 5. The predicted octanol–water partition coefficient (Wildman–Crippen LogP) is 4.32. The third-order valence-corrected chi connectivity index (χ3v) is 5.07. The van der Waals surface area contributed by atoms with Crippen LogP contribution in [0.4, 0.5) is 5.69 Å². The zero-order valence-electron chi connectivity index (χ0n) is 15.0. The lowest BCUT2D eigenvalue weighted by Gasteiger charge is -2.15. The number of benzene rings is 2. The second-order valence-corrected chi connectivity index (χ2v) is 6.91. The lowest BCUT2D eigenvalue weighted by Crippen LogP contribution is -2.23. The Kier molecular flexibility index (Phi) is 4.33. The van der Waals surface area contributed by atoms with E-state index >= 15 is 0 Å². The standard InChI is InChI=1S/C22H23N3O/c1-2-3-10-16-11-7-12-17-20(23)19-18(24-21(16)17)14-25(22(19)26)13-15-8-5-4-6-9-15/h4-9,11-12H,2-3,10,13-14H2,1H3,(H2,23,24). The zero-order valence-corrected chi connectivity index (χ0v) is 15.0. The van der Waals surface area contributed by atoms with Crippen molar-refractivity contribution in [2.24, 2.45) is 0 Å². The van der Waals surface area contributed by atoms with Crippen LogP contribution < -0.4 is 5.73 Å². The van der Waals surface area contributed by atoms with Crippen molar-refractivity contribution in [3.8, 4) is 0 Å². The van der Waals surface area contributed by atoms with E-state index in [-0.39, 0.29) is 5.91 Å². The van der Waals surface area contributed by atoms with Crippen LogP contribution in [-0.2, 0) is 19.5 Å². The van der Waals surface area contributed by atoms with E-state index in [0.29, 0.717) is 24.3 Å². The molecule has 4 rings (SSSR count). The minimum atomic E-state index is -0.0188. The zero-order chi connectivity index (χ0) is 18.1. The number of aryl methyl sites for hydroxylation is 1. The van der Waals surface area contributed by atoms with E-state index in [2.05, 4.69) is 13.0 Å². The van der Waals surface area contributed by atoms with Crippen molar-refractivity contribution in [1.82, 2.24) is 9.88 Å². The number of fused-ring (bicyclic) bond motifs is 2. The minimum Gasteiger partial charge on any atom is -0.397 e. The number of aromatic nitrogens is 1. The molecule has 2 heterocycles. The van der Waals surface area contributed by atoms with Crippen molar-refractivity contribution < 1.29 is 4.79 Å². The van der Waals surface area contributed by atoms with Crippen LogP contribution in [0.2, 0.25) is 0 Å². The molecule has 1 aliphatic heterocycles. The Morgan fingerprint density at radius 1 is 1.12 bits per heavy atom. The fraction of sp³-hybridized carbons (Fsp3) is 0.273. The monoisotopic (exact) mass is 345 g/mol. The van der Waals surface area contributed by atoms with Crippen LogP contribution in [0.5, 0.6) is 0 Å². The minimum absolute atomic E-state index is 0.0188. The maximum atomic E-state index is 12.9. The third kappa shape index (κ3) is 2.81. The summed E-state index contributed by atoms with van der Waals surface area (Å²) in [5, 5.41) is 0.896. The molecule has 1 amide bonds. The number of hydrogen-bond acceptors (Lipinski definition) is 3. The van der Waals surface area contributed by atoms with Gasteiger partial charge in [0.15, 0.2) is 0 Å². The molecular weight excluding hydrogens is 322 g/mol. The van der Waals surface area contributed by atoms with Crippen molar-refractivity contribution in [2.75, 3.05) is 5.73 Å². The van der Waals surface area contributed by atoms with Gasteiger partial charge in [0, 0.05) is 11.9 Å². The van der Waals surface area contributed by atoms with Gasteiger partial charge in [0.05, 0.1) is 29.0 Å². The quantitative estimate of drug-likeness (QED) is 0.749. The van der Waals surface area contributed by atoms with Gasteiger partial charge in [-0.05, 0) is 24.0 Å².